The Morgan fingerprint density at radius 2 is 1.45 bits per heavy atom. The first kappa shape index (κ1) is 28.4. The third-order valence-corrected chi connectivity index (χ3v) is 4.44. The number of carbonyl (C=O) groups excluding carboxylic acids is 5. The van der Waals surface area contributed by atoms with Gasteiger partial charge in [-0.05, 0) is 18.8 Å². The van der Waals surface area contributed by atoms with Crippen LogP contribution in [0.15, 0.2) is 0 Å². The molecule has 0 aromatic rings. The number of carbonyl (C=O) groups is 5. The highest BCUT2D eigenvalue weighted by Crippen LogP contribution is 2.05. The van der Waals surface area contributed by atoms with E-state index in [1.54, 1.807) is 6.92 Å². The van der Waals surface area contributed by atoms with Gasteiger partial charge in [0.15, 0.2) is 0 Å². The van der Waals surface area contributed by atoms with E-state index in [1.165, 1.54) is 11.9 Å². The molecular weight excluding hydrogens is 402 g/mol. The number of nitrogens with one attached hydrogen (secondary N) is 4. The highest BCUT2D eigenvalue weighted by atomic mass is 16.2. The van der Waals surface area contributed by atoms with E-state index >= 15 is 0 Å². The lowest BCUT2D eigenvalue weighted by Gasteiger charge is -2.22. The molecule has 1 atom stereocenters. The molecule has 0 fully saturated rings. The highest BCUT2D eigenvalue weighted by molar-refractivity contribution is 5.92. The van der Waals surface area contributed by atoms with Gasteiger partial charge in [-0.2, -0.15) is 0 Å². The van der Waals surface area contributed by atoms with Crippen LogP contribution in [-0.4, -0.2) is 73.7 Å². The summed E-state index contributed by atoms with van der Waals surface area (Å²) in [6.45, 7) is 7.53. The van der Waals surface area contributed by atoms with Gasteiger partial charge < -0.3 is 26.2 Å². The molecule has 0 rings (SSSR count). The number of rotatable bonds is 15. The summed E-state index contributed by atoms with van der Waals surface area (Å²) in [4.78, 5) is 61.2. The molecule has 10 nitrogen and oxygen atoms in total. The first-order chi connectivity index (χ1) is 14.6. The fourth-order valence-corrected chi connectivity index (χ4v) is 2.71. The predicted molar refractivity (Wildman–Crippen MR) is 118 cm³/mol. The summed E-state index contributed by atoms with van der Waals surface area (Å²) in [5.41, 5.74) is 0. The van der Waals surface area contributed by atoms with Gasteiger partial charge in [0.2, 0.25) is 29.5 Å². The van der Waals surface area contributed by atoms with Crippen LogP contribution in [0.4, 0.5) is 0 Å². The third kappa shape index (κ3) is 14.1. The summed E-state index contributed by atoms with van der Waals surface area (Å²) < 4.78 is 0. The zero-order valence-electron chi connectivity index (χ0n) is 19.5. The monoisotopic (exact) mass is 441 g/mol. The van der Waals surface area contributed by atoms with Gasteiger partial charge in [0.1, 0.15) is 6.04 Å². The fourth-order valence-electron chi connectivity index (χ4n) is 2.71. The van der Waals surface area contributed by atoms with Crippen LogP contribution in [-0.2, 0) is 24.0 Å². The predicted octanol–water partition coefficient (Wildman–Crippen LogP) is -0.0755. The smallest absolute Gasteiger partial charge is 0.243 e. The number of amides is 5. The minimum Gasteiger partial charge on any atom is -0.355 e. The summed E-state index contributed by atoms with van der Waals surface area (Å²) in [5, 5.41) is 10.3. The summed E-state index contributed by atoms with van der Waals surface area (Å²) in [5.74, 6) is -1.78. The average molecular weight is 442 g/mol. The lowest BCUT2D eigenvalue weighted by molar-refractivity contribution is -0.136. The normalized spacial score (nSPS) is 11.4. The van der Waals surface area contributed by atoms with Crippen LogP contribution in [0.5, 0.6) is 0 Å². The number of nitrogens with zero attached hydrogens (tertiary/aromatic N) is 1. The van der Waals surface area contributed by atoms with E-state index < -0.39 is 23.8 Å². The molecule has 0 aliphatic rings. The molecule has 0 bridgehead atoms. The maximum atomic E-state index is 12.5. The van der Waals surface area contributed by atoms with Crippen molar-refractivity contribution in [1.82, 2.24) is 26.2 Å². The van der Waals surface area contributed by atoms with Gasteiger partial charge in [-0.3, -0.25) is 24.0 Å². The first-order valence-electron chi connectivity index (χ1n) is 10.9. The topological polar surface area (TPSA) is 137 Å². The molecule has 0 saturated carbocycles. The largest absolute Gasteiger partial charge is 0.355 e. The van der Waals surface area contributed by atoms with Gasteiger partial charge in [0.25, 0.3) is 0 Å². The minimum atomic E-state index is -0.827. The van der Waals surface area contributed by atoms with Gasteiger partial charge in [0, 0.05) is 20.0 Å². The quantitative estimate of drug-likeness (QED) is 0.264. The van der Waals surface area contributed by atoms with Crippen molar-refractivity contribution < 1.29 is 24.0 Å². The molecule has 0 heterocycles. The molecule has 10 heteroatoms. The molecule has 31 heavy (non-hydrogen) atoms. The maximum absolute atomic E-state index is 12.5. The van der Waals surface area contributed by atoms with Crippen LogP contribution >= 0.6 is 0 Å². The van der Waals surface area contributed by atoms with Crippen molar-refractivity contribution >= 4 is 29.5 Å². The van der Waals surface area contributed by atoms with Crippen LogP contribution in [0.1, 0.15) is 59.8 Å². The molecule has 5 amide bonds. The zero-order chi connectivity index (χ0) is 23.8. The Labute approximate surface area is 185 Å². The Balaban J connectivity index is 4.48. The van der Waals surface area contributed by atoms with Crippen LogP contribution in [0.3, 0.4) is 0 Å². The average Bonchev–Trinajstić information content (AvgIpc) is 2.71. The van der Waals surface area contributed by atoms with Gasteiger partial charge in [-0.1, -0.05) is 40.5 Å². The molecule has 0 aromatic carbocycles. The Hall–Kier alpha value is -2.65. The molecule has 0 aliphatic heterocycles. The standard InChI is InChI=1S/C21H39N5O5/c1-6-8-9-10-22-17(27)12-23-18(28)13-24-21(31)16(11-15(3)4)25-19(29)14-26(5)20(30)7-2/h15-16H,6-14H2,1-5H3,(H,22,27)(H,23,28)(H,24,31)(H,25,29). The maximum Gasteiger partial charge on any atom is 0.243 e. The van der Waals surface area contributed by atoms with Gasteiger partial charge in [0.05, 0.1) is 19.6 Å². The van der Waals surface area contributed by atoms with Crippen molar-refractivity contribution in [3.05, 3.63) is 0 Å². The molecule has 4 N–H and O–H groups in total. The van der Waals surface area contributed by atoms with Crippen molar-refractivity contribution in [3.63, 3.8) is 0 Å². The molecule has 0 aromatic heterocycles. The Kier molecular flexibility index (Phi) is 14.7. The van der Waals surface area contributed by atoms with Crippen LogP contribution in [0, 0.1) is 5.92 Å². The molecule has 1 unspecified atom stereocenters. The van der Waals surface area contributed by atoms with Crippen LogP contribution in [0.25, 0.3) is 0 Å². The Bertz CT molecular complexity index is 609. The lowest BCUT2D eigenvalue weighted by atomic mass is 10.0. The summed E-state index contributed by atoms with van der Waals surface area (Å²) in [6, 6.07) is -0.827. The first-order valence-corrected chi connectivity index (χ1v) is 10.9. The van der Waals surface area contributed by atoms with E-state index in [9.17, 15) is 24.0 Å². The number of unbranched alkanes of at least 4 members (excludes halogenated alkanes) is 2. The van der Waals surface area contributed by atoms with E-state index in [0.717, 1.165) is 19.3 Å². The summed E-state index contributed by atoms with van der Waals surface area (Å²) >= 11 is 0. The van der Waals surface area contributed by atoms with Gasteiger partial charge >= 0.3 is 0 Å². The summed E-state index contributed by atoms with van der Waals surface area (Å²) in [6.07, 6.45) is 3.63. The van der Waals surface area contributed by atoms with Crippen LogP contribution in [0.2, 0.25) is 0 Å². The Morgan fingerprint density at radius 3 is 2.03 bits per heavy atom. The van der Waals surface area contributed by atoms with E-state index in [4.69, 9.17) is 0 Å². The van der Waals surface area contributed by atoms with E-state index in [2.05, 4.69) is 28.2 Å². The number of hydrogen-bond donors (Lipinski definition) is 4. The fraction of sp³-hybridized carbons (Fsp3) is 0.762. The third-order valence-electron chi connectivity index (χ3n) is 4.44. The van der Waals surface area contributed by atoms with E-state index in [-0.39, 0.29) is 43.8 Å². The second-order valence-electron chi connectivity index (χ2n) is 7.90. The van der Waals surface area contributed by atoms with E-state index in [0.29, 0.717) is 13.0 Å². The van der Waals surface area contributed by atoms with Crippen molar-refractivity contribution in [2.24, 2.45) is 5.92 Å². The minimum absolute atomic E-state index is 0.122. The molecule has 178 valence electrons. The van der Waals surface area contributed by atoms with E-state index in [1.807, 2.05) is 13.8 Å². The molecule has 0 spiro atoms. The van der Waals surface area contributed by atoms with Crippen molar-refractivity contribution in [3.8, 4) is 0 Å². The molecule has 0 aliphatic carbocycles. The molecule has 0 radical (unpaired) electrons. The summed E-state index contributed by atoms with van der Waals surface area (Å²) in [7, 11) is 1.52. The van der Waals surface area contributed by atoms with Crippen molar-refractivity contribution in [2.45, 2.75) is 65.8 Å². The van der Waals surface area contributed by atoms with Crippen LogP contribution < -0.4 is 21.3 Å². The molecular formula is C21H39N5O5. The Morgan fingerprint density at radius 1 is 0.839 bits per heavy atom. The van der Waals surface area contributed by atoms with Crippen molar-refractivity contribution in [1.29, 1.82) is 0 Å². The zero-order valence-corrected chi connectivity index (χ0v) is 19.5. The van der Waals surface area contributed by atoms with Gasteiger partial charge in [-0.25, -0.2) is 0 Å². The number of hydrogen-bond acceptors (Lipinski definition) is 5. The number of likely N-dealkylation sites (N-methyl/N-ethyl adjacent to an activating group) is 1. The second-order valence-corrected chi connectivity index (χ2v) is 7.90. The van der Waals surface area contributed by atoms with Crippen molar-refractivity contribution in [2.75, 3.05) is 33.2 Å². The highest BCUT2D eigenvalue weighted by Gasteiger charge is 2.23. The SMILES string of the molecule is CCCCCNC(=O)CNC(=O)CNC(=O)C(CC(C)C)NC(=O)CN(C)C(=O)CC. The molecule has 0 saturated heterocycles. The second kappa shape index (κ2) is 16.1. The van der Waals surface area contributed by atoms with Gasteiger partial charge in [-0.15, -0.1) is 0 Å². The lowest BCUT2D eigenvalue weighted by Crippen LogP contribution is -2.52.